The zero-order valence-electron chi connectivity index (χ0n) is 8.09. The Morgan fingerprint density at radius 1 is 1.40 bits per heavy atom. The predicted octanol–water partition coefficient (Wildman–Crippen LogP) is 1.57. The first-order chi connectivity index (χ1) is 7.24. The molecule has 0 bridgehead atoms. The van der Waals surface area contributed by atoms with Gasteiger partial charge in [-0.15, -0.1) is 0 Å². The lowest BCUT2D eigenvalue weighted by atomic mass is 10.1. The Bertz CT molecular complexity index is 429. The van der Waals surface area contributed by atoms with Crippen molar-refractivity contribution in [2.45, 2.75) is 24.9 Å². The van der Waals surface area contributed by atoms with Crippen molar-refractivity contribution in [1.29, 1.82) is 0 Å². The average molecular weight is 206 g/mol. The van der Waals surface area contributed by atoms with Crippen LogP contribution in [0.1, 0.15) is 24.4 Å². The molecule has 0 saturated heterocycles. The molecule has 1 amide bonds. The molecule has 1 aromatic carbocycles. The molecule has 2 N–H and O–H groups in total. The standard InChI is InChI=1S/C11H11FN2O/c12-6-1-4-9-8(5-6)10(11(15)14-9)13-7-2-3-7/h1,4-5,7,10,13H,2-3H2,(H,14,15). The molecule has 1 saturated carbocycles. The molecular formula is C11H11FN2O. The monoisotopic (exact) mass is 206 g/mol. The van der Waals surface area contributed by atoms with E-state index in [2.05, 4.69) is 10.6 Å². The summed E-state index contributed by atoms with van der Waals surface area (Å²) in [7, 11) is 0. The highest BCUT2D eigenvalue weighted by Gasteiger charge is 2.35. The van der Waals surface area contributed by atoms with Crippen LogP contribution in [-0.2, 0) is 4.79 Å². The van der Waals surface area contributed by atoms with E-state index in [1.165, 1.54) is 12.1 Å². The molecule has 2 aliphatic rings. The summed E-state index contributed by atoms with van der Waals surface area (Å²) in [4.78, 5) is 11.6. The number of benzene rings is 1. The van der Waals surface area contributed by atoms with E-state index in [4.69, 9.17) is 0 Å². The van der Waals surface area contributed by atoms with Gasteiger partial charge in [-0.2, -0.15) is 0 Å². The van der Waals surface area contributed by atoms with Gasteiger partial charge in [0.25, 0.3) is 0 Å². The lowest BCUT2D eigenvalue weighted by molar-refractivity contribution is -0.117. The molecule has 1 aromatic rings. The van der Waals surface area contributed by atoms with E-state index >= 15 is 0 Å². The minimum absolute atomic E-state index is 0.0810. The number of anilines is 1. The number of fused-ring (bicyclic) bond motifs is 1. The van der Waals surface area contributed by atoms with E-state index in [0.29, 0.717) is 6.04 Å². The Hall–Kier alpha value is -1.42. The van der Waals surface area contributed by atoms with E-state index in [-0.39, 0.29) is 17.8 Å². The Morgan fingerprint density at radius 3 is 2.93 bits per heavy atom. The largest absolute Gasteiger partial charge is 0.324 e. The lowest BCUT2D eigenvalue weighted by Gasteiger charge is -2.09. The maximum atomic E-state index is 13.0. The number of hydrogen-bond acceptors (Lipinski definition) is 2. The van der Waals surface area contributed by atoms with Crippen LogP contribution in [0.25, 0.3) is 0 Å². The van der Waals surface area contributed by atoms with Gasteiger partial charge in [-0.3, -0.25) is 10.1 Å². The number of carbonyl (C=O) groups is 1. The van der Waals surface area contributed by atoms with Gasteiger partial charge in [-0.25, -0.2) is 4.39 Å². The van der Waals surface area contributed by atoms with Crippen LogP contribution >= 0.6 is 0 Å². The molecule has 0 spiro atoms. The summed E-state index contributed by atoms with van der Waals surface area (Å²) in [6.07, 6.45) is 2.21. The molecule has 1 heterocycles. The zero-order valence-corrected chi connectivity index (χ0v) is 8.09. The van der Waals surface area contributed by atoms with E-state index in [1.54, 1.807) is 6.07 Å². The van der Waals surface area contributed by atoms with Gasteiger partial charge in [0.1, 0.15) is 11.9 Å². The van der Waals surface area contributed by atoms with Crippen molar-refractivity contribution >= 4 is 11.6 Å². The SMILES string of the molecule is O=C1Nc2ccc(F)cc2C1NC1CC1. The van der Waals surface area contributed by atoms with Crippen molar-refractivity contribution in [3.63, 3.8) is 0 Å². The number of halogens is 1. The van der Waals surface area contributed by atoms with E-state index in [9.17, 15) is 9.18 Å². The zero-order chi connectivity index (χ0) is 10.4. The Morgan fingerprint density at radius 2 is 2.20 bits per heavy atom. The molecule has 1 aliphatic heterocycles. The molecule has 0 aromatic heterocycles. The van der Waals surface area contributed by atoms with Gasteiger partial charge in [0.15, 0.2) is 0 Å². The first-order valence-electron chi connectivity index (χ1n) is 5.10. The molecule has 15 heavy (non-hydrogen) atoms. The van der Waals surface area contributed by atoms with Crippen LogP contribution in [0, 0.1) is 5.82 Å². The summed E-state index contributed by atoms with van der Waals surface area (Å²) in [6, 6.07) is 4.45. The Kier molecular flexibility index (Phi) is 1.79. The van der Waals surface area contributed by atoms with Gasteiger partial charge in [0.2, 0.25) is 5.91 Å². The van der Waals surface area contributed by atoms with Crippen molar-refractivity contribution in [2.75, 3.05) is 5.32 Å². The fourth-order valence-electron chi connectivity index (χ4n) is 1.88. The molecule has 0 radical (unpaired) electrons. The van der Waals surface area contributed by atoms with Gasteiger partial charge in [-0.05, 0) is 31.0 Å². The first kappa shape index (κ1) is 8.85. The highest BCUT2D eigenvalue weighted by atomic mass is 19.1. The predicted molar refractivity (Wildman–Crippen MR) is 53.9 cm³/mol. The fourth-order valence-corrected chi connectivity index (χ4v) is 1.88. The number of nitrogens with one attached hydrogen (secondary N) is 2. The number of rotatable bonds is 2. The van der Waals surface area contributed by atoms with Crippen LogP contribution in [0.2, 0.25) is 0 Å². The van der Waals surface area contributed by atoms with Crippen molar-refractivity contribution in [3.8, 4) is 0 Å². The summed E-state index contributed by atoms with van der Waals surface area (Å²) < 4.78 is 13.0. The van der Waals surface area contributed by atoms with Crippen molar-refractivity contribution in [2.24, 2.45) is 0 Å². The second-order valence-electron chi connectivity index (χ2n) is 4.09. The number of amides is 1. The van der Waals surface area contributed by atoms with E-state index in [0.717, 1.165) is 24.1 Å². The van der Waals surface area contributed by atoms with Crippen molar-refractivity contribution in [1.82, 2.24) is 5.32 Å². The topological polar surface area (TPSA) is 41.1 Å². The molecule has 1 aliphatic carbocycles. The number of carbonyl (C=O) groups excluding carboxylic acids is 1. The maximum absolute atomic E-state index is 13.0. The first-order valence-corrected chi connectivity index (χ1v) is 5.10. The lowest BCUT2D eigenvalue weighted by Crippen LogP contribution is -2.29. The Labute approximate surface area is 86.7 Å². The third-order valence-electron chi connectivity index (χ3n) is 2.82. The van der Waals surface area contributed by atoms with Crippen LogP contribution in [0.15, 0.2) is 18.2 Å². The second kappa shape index (κ2) is 3.03. The minimum Gasteiger partial charge on any atom is -0.324 e. The van der Waals surface area contributed by atoms with Crippen LogP contribution in [0.4, 0.5) is 10.1 Å². The maximum Gasteiger partial charge on any atom is 0.246 e. The van der Waals surface area contributed by atoms with E-state index < -0.39 is 0 Å². The van der Waals surface area contributed by atoms with Gasteiger partial charge < -0.3 is 5.32 Å². The third kappa shape index (κ3) is 1.51. The van der Waals surface area contributed by atoms with Gasteiger partial charge in [-0.1, -0.05) is 0 Å². The van der Waals surface area contributed by atoms with Crippen molar-refractivity contribution < 1.29 is 9.18 Å². The average Bonchev–Trinajstić information content (AvgIpc) is 2.96. The molecule has 1 atom stereocenters. The molecule has 1 unspecified atom stereocenters. The van der Waals surface area contributed by atoms with Gasteiger partial charge in [0.05, 0.1) is 0 Å². The summed E-state index contributed by atoms with van der Waals surface area (Å²) in [5.41, 5.74) is 1.45. The molecule has 78 valence electrons. The second-order valence-corrected chi connectivity index (χ2v) is 4.09. The van der Waals surface area contributed by atoms with Crippen LogP contribution in [0.5, 0.6) is 0 Å². The summed E-state index contributed by atoms with van der Waals surface area (Å²) in [6.45, 7) is 0. The molecule has 1 fully saturated rings. The fraction of sp³-hybridized carbons (Fsp3) is 0.364. The minimum atomic E-state index is -0.372. The van der Waals surface area contributed by atoms with Gasteiger partial charge >= 0.3 is 0 Å². The quantitative estimate of drug-likeness (QED) is 0.771. The van der Waals surface area contributed by atoms with Crippen LogP contribution < -0.4 is 10.6 Å². The summed E-state index contributed by atoms with van der Waals surface area (Å²) in [5, 5.41) is 5.95. The smallest absolute Gasteiger partial charge is 0.246 e. The third-order valence-corrected chi connectivity index (χ3v) is 2.82. The molecule has 3 nitrogen and oxygen atoms in total. The van der Waals surface area contributed by atoms with Gasteiger partial charge in [0, 0.05) is 17.3 Å². The summed E-state index contributed by atoms with van der Waals surface area (Å²) in [5.74, 6) is -0.379. The highest BCUT2D eigenvalue weighted by molar-refractivity contribution is 6.02. The number of hydrogen-bond donors (Lipinski definition) is 2. The van der Waals surface area contributed by atoms with Crippen LogP contribution in [-0.4, -0.2) is 11.9 Å². The molecule has 3 rings (SSSR count). The normalized spacial score (nSPS) is 23.8. The molecular weight excluding hydrogens is 195 g/mol. The van der Waals surface area contributed by atoms with E-state index in [1.807, 2.05) is 0 Å². The highest BCUT2D eigenvalue weighted by Crippen LogP contribution is 2.33. The van der Waals surface area contributed by atoms with Crippen LogP contribution in [0.3, 0.4) is 0 Å². The summed E-state index contributed by atoms with van der Waals surface area (Å²) >= 11 is 0. The van der Waals surface area contributed by atoms with Crippen molar-refractivity contribution in [3.05, 3.63) is 29.6 Å². The Balaban J connectivity index is 1.95. The molecule has 4 heteroatoms.